The van der Waals surface area contributed by atoms with Crippen molar-refractivity contribution in [1.82, 2.24) is 19.9 Å². The Labute approximate surface area is 131 Å². The molecule has 0 aromatic carbocycles. The first-order valence-electron chi connectivity index (χ1n) is 7.46. The number of ether oxygens (including phenoxy) is 1. The molecule has 1 amide bonds. The quantitative estimate of drug-likeness (QED) is 0.928. The minimum Gasteiger partial charge on any atom is -0.411 e. The van der Waals surface area contributed by atoms with Crippen LogP contribution in [0, 0.1) is 5.92 Å². The summed E-state index contributed by atoms with van der Waals surface area (Å²) in [6.07, 6.45) is 6.04. The van der Waals surface area contributed by atoms with Gasteiger partial charge in [0.05, 0.1) is 6.10 Å². The highest BCUT2D eigenvalue weighted by Crippen LogP contribution is 2.34. The molecular weight excluding hydrogens is 304 g/mol. The highest BCUT2D eigenvalue weighted by atomic mass is 32.1. The van der Waals surface area contributed by atoms with Gasteiger partial charge in [0, 0.05) is 18.8 Å². The molecule has 0 radical (unpaired) electrons. The number of rotatable bonds is 3. The molecule has 3 unspecified atom stereocenters. The molecule has 2 aromatic heterocycles. The zero-order chi connectivity index (χ0) is 14.9. The molecule has 1 aliphatic heterocycles. The van der Waals surface area contributed by atoms with Gasteiger partial charge in [0.1, 0.15) is 4.88 Å². The minimum absolute atomic E-state index is 0.00759. The van der Waals surface area contributed by atoms with Gasteiger partial charge in [-0.15, -0.1) is 10.2 Å². The van der Waals surface area contributed by atoms with Crippen molar-refractivity contribution in [2.24, 2.45) is 5.92 Å². The molecule has 2 aliphatic rings. The van der Waals surface area contributed by atoms with Gasteiger partial charge in [-0.2, -0.15) is 0 Å². The van der Waals surface area contributed by atoms with Crippen LogP contribution in [0.4, 0.5) is 0 Å². The summed E-state index contributed by atoms with van der Waals surface area (Å²) in [5.41, 5.74) is 0. The van der Waals surface area contributed by atoms with E-state index in [1.165, 1.54) is 11.5 Å². The fraction of sp³-hybridized carbons (Fsp3) is 0.571. The van der Waals surface area contributed by atoms with E-state index in [-0.39, 0.29) is 17.8 Å². The van der Waals surface area contributed by atoms with Crippen LogP contribution in [0.25, 0.3) is 10.8 Å². The number of hydrogen-bond acceptors (Lipinski definition) is 7. The van der Waals surface area contributed by atoms with E-state index in [4.69, 9.17) is 9.15 Å². The van der Waals surface area contributed by atoms with Crippen molar-refractivity contribution in [2.45, 2.75) is 37.8 Å². The summed E-state index contributed by atoms with van der Waals surface area (Å²) in [7, 11) is 0. The predicted octanol–water partition coefficient (Wildman–Crippen LogP) is 1.88. The highest BCUT2D eigenvalue weighted by molar-refractivity contribution is 7.09. The third kappa shape index (κ3) is 2.64. The predicted molar refractivity (Wildman–Crippen MR) is 78.4 cm³/mol. The van der Waals surface area contributed by atoms with Gasteiger partial charge in [0.25, 0.3) is 5.89 Å². The monoisotopic (exact) mass is 320 g/mol. The third-order valence-corrected chi connectivity index (χ3v) is 5.07. The fourth-order valence-corrected chi connectivity index (χ4v) is 3.77. The van der Waals surface area contributed by atoms with E-state index in [9.17, 15) is 4.79 Å². The second-order valence-corrected chi connectivity index (χ2v) is 6.56. The Hall–Kier alpha value is -1.80. The average Bonchev–Trinajstić information content (AvgIpc) is 3.26. The van der Waals surface area contributed by atoms with Crippen LogP contribution in [0.1, 0.15) is 36.4 Å². The number of fused-ring (bicyclic) bond motifs is 1. The molecule has 1 N–H and O–H groups in total. The van der Waals surface area contributed by atoms with Gasteiger partial charge in [0.15, 0.2) is 0 Å². The molecule has 8 heteroatoms. The van der Waals surface area contributed by atoms with Gasteiger partial charge in [-0.05, 0) is 49.2 Å². The molecule has 116 valence electrons. The molecule has 3 heterocycles. The summed E-state index contributed by atoms with van der Waals surface area (Å²) in [6.45, 7) is 0.845. The zero-order valence-electron chi connectivity index (χ0n) is 11.9. The number of amides is 1. The van der Waals surface area contributed by atoms with Gasteiger partial charge >= 0.3 is 11.8 Å². The van der Waals surface area contributed by atoms with Crippen LogP contribution in [0.15, 0.2) is 16.7 Å². The van der Waals surface area contributed by atoms with Gasteiger partial charge < -0.3 is 14.5 Å². The normalized spacial score (nSPS) is 27.5. The van der Waals surface area contributed by atoms with Crippen molar-refractivity contribution in [3.63, 3.8) is 0 Å². The molecule has 1 saturated carbocycles. The van der Waals surface area contributed by atoms with E-state index in [0.29, 0.717) is 17.9 Å². The topological polar surface area (TPSA) is 90.1 Å². The Morgan fingerprint density at radius 3 is 3.14 bits per heavy atom. The van der Waals surface area contributed by atoms with Crippen molar-refractivity contribution in [2.75, 3.05) is 6.61 Å². The van der Waals surface area contributed by atoms with Crippen LogP contribution in [0.5, 0.6) is 0 Å². The molecular formula is C14H16N4O3S. The SMILES string of the molecule is O=C(NC1CCC2OCCC2C1)c1nnc(-c2ccns2)o1. The lowest BCUT2D eigenvalue weighted by Crippen LogP contribution is -2.41. The minimum atomic E-state index is -0.300. The molecule has 1 saturated heterocycles. The second-order valence-electron chi connectivity index (χ2n) is 5.73. The highest BCUT2D eigenvalue weighted by Gasteiger charge is 2.35. The molecule has 3 atom stereocenters. The van der Waals surface area contributed by atoms with Gasteiger partial charge in [-0.3, -0.25) is 4.79 Å². The molecule has 2 fully saturated rings. The van der Waals surface area contributed by atoms with Crippen LogP contribution >= 0.6 is 11.5 Å². The molecule has 22 heavy (non-hydrogen) atoms. The summed E-state index contributed by atoms with van der Waals surface area (Å²) in [5.74, 6) is 0.605. The van der Waals surface area contributed by atoms with E-state index in [0.717, 1.165) is 37.2 Å². The third-order valence-electron chi connectivity index (χ3n) is 4.34. The van der Waals surface area contributed by atoms with E-state index >= 15 is 0 Å². The van der Waals surface area contributed by atoms with Crippen LogP contribution in [0.2, 0.25) is 0 Å². The van der Waals surface area contributed by atoms with Crippen LogP contribution in [-0.4, -0.2) is 39.2 Å². The first-order valence-corrected chi connectivity index (χ1v) is 8.24. The lowest BCUT2D eigenvalue weighted by molar-refractivity contribution is 0.0549. The van der Waals surface area contributed by atoms with E-state index in [1.54, 1.807) is 12.3 Å². The Morgan fingerprint density at radius 1 is 1.32 bits per heavy atom. The van der Waals surface area contributed by atoms with Crippen molar-refractivity contribution < 1.29 is 13.9 Å². The number of nitrogens with zero attached hydrogens (tertiary/aromatic N) is 3. The molecule has 0 spiro atoms. The first-order chi connectivity index (χ1) is 10.8. The van der Waals surface area contributed by atoms with E-state index < -0.39 is 0 Å². The van der Waals surface area contributed by atoms with Gasteiger partial charge in [-0.25, -0.2) is 4.37 Å². The average molecular weight is 320 g/mol. The van der Waals surface area contributed by atoms with Gasteiger partial charge in [-0.1, -0.05) is 0 Å². The van der Waals surface area contributed by atoms with Gasteiger partial charge in [0.2, 0.25) is 0 Å². The van der Waals surface area contributed by atoms with Crippen molar-refractivity contribution in [1.29, 1.82) is 0 Å². The lowest BCUT2D eigenvalue weighted by atomic mass is 9.83. The largest absolute Gasteiger partial charge is 0.411 e. The summed E-state index contributed by atoms with van der Waals surface area (Å²) in [6, 6.07) is 1.94. The lowest BCUT2D eigenvalue weighted by Gasteiger charge is -2.30. The maximum Gasteiger partial charge on any atom is 0.309 e. The summed E-state index contributed by atoms with van der Waals surface area (Å²) in [5, 5.41) is 10.7. The number of hydrogen-bond donors (Lipinski definition) is 1. The molecule has 0 bridgehead atoms. The number of carbonyl (C=O) groups is 1. The molecule has 1 aliphatic carbocycles. The summed E-state index contributed by atoms with van der Waals surface area (Å²) >= 11 is 1.26. The standard InChI is InChI=1S/C14H16N4O3S/c19-12(14-18-17-13(21-14)11-3-5-15-22-11)16-9-1-2-10-8(7-9)4-6-20-10/h3,5,8-10H,1-2,4,6-7H2,(H,16,19). The number of aromatic nitrogens is 3. The Kier molecular flexibility index (Phi) is 3.63. The second kappa shape index (κ2) is 5.77. The fourth-order valence-electron chi connectivity index (χ4n) is 3.25. The van der Waals surface area contributed by atoms with Crippen molar-refractivity contribution in [3.8, 4) is 10.8 Å². The smallest absolute Gasteiger partial charge is 0.309 e. The number of nitrogens with one attached hydrogen (secondary N) is 1. The maximum absolute atomic E-state index is 12.2. The van der Waals surface area contributed by atoms with Crippen LogP contribution in [-0.2, 0) is 4.74 Å². The van der Waals surface area contributed by atoms with Crippen LogP contribution in [0.3, 0.4) is 0 Å². The van der Waals surface area contributed by atoms with Crippen molar-refractivity contribution in [3.05, 3.63) is 18.2 Å². The Bertz CT molecular complexity index is 657. The summed E-state index contributed by atoms with van der Waals surface area (Å²) < 4.78 is 15.1. The Balaban J connectivity index is 1.40. The molecule has 7 nitrogen and oxygen atoms in total. The van der Waals surface area contributed by atoms with E-state index in [2.05, 4.69) is 19.9 Å². The number of carbonyl (C=O) groups excluding carboxylic acids is 1. The Morgan fingerprint density at radius 2 is 2.27 bits per heavy atom. The maximum atomic E-state index is 12.2. The van der Waals surface area contributed by atoms with Crippen LogP contribution < -0.4 is 5.32 Å². The molecule has 4 rings (SSSR count). The van der Waals surface area contributed by atoms with E-state index in [1.807, 2.05) is 0 Å². The summed E-state index contributed by atoms with van der Waals surface area (Å²) in [4.78, 5) is 13.0. The van der Waals surface area contributed by atoms with Crippen molar-refractivity contribution >= 4 is 17.4 Å². The first kappa shape index (κ1) is 13.8. The molecule has 2 aromatic rings. The zero-order valence-corrected chi connectivity index (χ0v) is 12.7.